The summed E-state index contributed by atoms with van der Waals surface area (Å²) < 4.78 is 0. The molecule has 0 aliphatic carbocycles. The monoisotopic (exact) mass is 278 g/mol. The quantitative estimate of drug-likeness (QED) is 0.732. The number of rotatable bonds is 3. The number of benzene rings is 1. The summed E-state index contributed by atoms with van der Waals surface area (Å²) >= 11 is 0. The molecule has 1 aromatic carbocycles. The molecule has 0 atom stereocenters. The van der Waals surface area contributed by atoms with Crippen LogP contribution in [0.5, 0.6) is 0 Å². The topological polar surface area (TPSA) is 78.4 Å². The number of anilines is 1. The summed E-state index contributed by atoms with van der Waals surface area (Å²) in [7, 11) is 0. The lowest BCUT2D eigenvalue weighted by molar-refractivity contribution is -0.137. The first-order valence-electron chi connectivity index (χ1n) is 6.48. The van der Waals surface area contributed by atoms with Crippen molar-refractivity contribution in [3.8, 4) is 0 Å². The van der Waals surface area contributed by atoms with Crippen LogP contribution in [0.3, 0.4) is 0 Å². The molecule has 5 nitrogen and oxygen atoms in total. The molecule has 3 N–H and O–H groups in total. The molecule has 0 fully saturated rings. The van der Waals surface area contributed by atoms with Crippen LogP contribution in [0.4, 0.5) is 5.69 Å². The van der Waals surface area contributed by atoms with E-state index in [1.54, 1.807) is 13.8 Å². The van der Waals surface area contributed by atoms with Crippen LogP contribution < -0.4 is 10.6 Å². The predicted molar refractivity (Wildman–Crippen MR) is 78.6 cm³/mol. The van der Waals surface area contributed by atoms with Crippen molar-refractivity contribution in [1.82, 2.24) is 5.32 Å². The zero-order valence-corrected chi connectivity index (χ0v) is 12.6. The van der Waals surface area contributed by atoms with Crippen LogP contribution in [0, 0.1) is 20.8 Å². The highest BCUT2D eigenvalue weighted by molar-refractivity contribution is 6.40. The first-order valence-corrected chi connectivity index (χ1v) is 6.48. The van der Waals surface area contributed by atoms with E-state index in [-0.39, 0.29) is 6.61 Å². The summed E-state index contributed by atoms with van der Waals surface area (Å²) in [5.74, 6) is -1.50. The van der Waals surface area contributed by atoms with Gasteiger partial charge in [0.05, 0.1) is 12.1 Å². The smallest absolute Gasteiger partial charge is 0.313 e. The second-order valence-corrected chi connectivity index (χ2v) is 5.72. The van der Waals surface area contributed by atoms with E-state index in [2.05, 4.69) is 10.6 Å². The van der Waals surface area contributed by atoms with Crippen LogP contribution in [0.2, 0.25) is 0 Å². The Balaban J connectivity index is 2.84. The number of hydrogen-bond acceptors (Lipinski definition) is 3. The van der Waals surface area contributed by atoms with Gasteiger partial charge >= 0.3 is 11.8 Å². The van der Waals surface area contributed by atoms with E-state index in [4.69, 9.17) is 5.11 Å². The Morgan fingerprint density at radius 3 is 2.05 bits per heavy atom. The van der Waals surface area contributed by atoms with Gasteiger partial charge < -0.3 is 15.7 Å². The number of amides is 2. The Kier molecular flexibility index (Phi) is 4.89. The molecule has 0 spiro atoms. The Hall–Kier alpha value is -1.88. The predicted octanol–water partition coefficient (Wildman–Crippen LogP) is 1.44. The fourth-order valence-corrected chi connectivity index (χ4v) is 1.95. The van der Waals surface area contributed by atoms with Gasteiger partial charge in [-0.1, -0.05) is 17.7 Å². The van der Waals surface area contributed by atoms with E-state index in [1.807, 2.05) is 32.9 Å². The van der Waals surface area contributed by atoms with Gasteiger partial charge in [-0.15, -0.1) is 0 Å². The number of aliphatic hydroxyl groups is 1. The molecule has 110 valence electrons. The number of hydrogen-bond donors (Lipinski definition) is 3. The maximum absolute atomic E-state index is 11.9. The molecular weight excluding hydrogens is 256 g/mol. The molecule has 0 aromatic heterocycles. The zero-order chi connectivity index (χ0) is 15.5. The molecule has 1 rings (SSSR count). The van der Waals surface area contributed by atoms with Crippen LogP contribution in [0.25, 0.3) is 0 Å². The van der Waals surface area contributed by atoms with Crippen molar-refractivity contribution in [3.05, 3.63) is 28.8 Å². The fourth-order valence-electron chi connectivity index (χ4n) is 1.95. The third-order valence-corrected chi connectivity index (χ3v) is 2.97. The Labute approximate surface area is 119 Å². The van der Waals surface area contributed by atoms with E-state index in [0.29, 0.717) is 5.69 Å². The summed E-state index contributed by atoms with van der Waals surface area (Å²) in [5.41, 5.74) is 2.74. The minimum absolute atomic E-state index is 0.241. The number of aliphatic hydroxyl groups excluding tert-OH is 1. The number of nitrogens with one attached hydrogen (secondary N) is 2. The minimum atomic E-state index is -0.828. The molecule has 5 heteroatoms. The highest BCUT2D eigenvalue weighted by Crippen LogP contribution is 2.21. The average Bonchev–Trinajstić information content (AvgIpc) is 2.32. The Morgan fingerprint density at radius 2 is 1.60 bits per heavy atom. The molecule has 0 unspecified atom stereocenters. The van der Waals surface area contributed by atoms with Crippen molar-refractivity contribution < 1.29 is 14.7 Å². The fraction of sp³-hybridized carbons (Fsp3) is 0.467. The van der Waals surface area contributed by atoms with E-state index < -0.39 is 17.4 Å². The number of carbonyl (C=O) groups is 2. The third-order valence-electron chi connectivity index (χ3n) is 2.97. The van der Waals surface area contributed by atoms with E-state index >= 15 is 0 Å². The summed E-state index contributed by atoms with van der Waals surface area (Å²) in [6.07, 6.45) is 0. The van der Waals surface area contributed by atoms with Crippen molar-refractivity contribution in [3.63, 3.8) is 0 Å². The SMILES string of the molecule is Cc1cc(C)c(NC(=O)C(=O)NC(C)(C)CO)c(C)c1. The molecular formula is C15H22N2O3. The van der Waals surface area contributed by atoms with Crippen LogP contribution in [-0.4, -0.2) is 29.1 Å². The highest BCUT2D eigenvalue weighted by Gasteiger charge is 2.24. The standard InChI is InChI=1S/C15H22N2O3/c1-9-6-10(2)12(11(3)7-9)16-13(19)14(20)17-15(4,5)8-18/h6-7,18H,8H2,1-5H3,(H,16,19)(H,17,20). The van der Waals surface area contributed by atoms with Crippen molar-refractivity contribution in [1.29, 1.82) is 0 Å². The lowest BCUT2D eigenvalue weighted by Crippen LogP contribution is -2.50. The lowest BCUT2D eigenvalue weighted by Gasteiger charge is -2.23. The van der Waals surface area contributed by atoms with E-state index in [9.17, 15) is 9.59 Å². The first kappa shape index (κ1) is 16.2. The summed E-state index contributed by atoms with van der Waals surface area (Å²) in [5, 5.41) is 14.2. The van der Waals surface area contributed by atoms with Gasteiger partial charge in [0.15, 0.2) is 0 Å². The van der Waals surface area contributed by atoms with Crippen LogP contribution in [0.1, 0.15) is 30.5 Å². The molecule has 0 aliphatic rings. The van der Waals surface area contributed by atoms with Crippen LogP contribution in [-0.2, 0) is 9.59 Å². The van der Waals surface area contributed by atoms with Crippen LogP contribution in [0.15, 0.2) is 12.1 Å². The number of aryl methyl sites for hydroxylation is 3. The summed E-state index contributed by atoms with van der Waals surface area (Å²) in [6.45, 7) is 8.77. The van der Waals surface area contributed by atoms with Crippen molar-refractivity contribution >= 4 is 17.5 Å². The second-order valence-electron chi connectivity index (χ2n) is 5.72. The van der Waals surface area contributed by atoms with Gasteiger partial charge in [0.25, 0.3) is 0 Å². The van der Waals surface area contributed by atoms with Gasteiger partial charge in [-0.3, -0.25) is 9.59 Å². The minimum Gasteiger partial charge on any atom is -0.394 e. The second kappa shape index (κ2) is 6.05. The van der Waals surface area contributed by atoms with Crippen molar-refractivity contribution in [2.75, 3.05) is 11.9 Å². The van der Waals surface area contributed by atoms with Crippen LogP contribution >= 0.6 is 0 Å². The molecule has 0 radical (unpaired) electrons. The molecule has 0 heterocycles. The zero-order valence-electron chi connectivity index (χ0n) is 12.6. The highest BCUT2D eigenvalue weighted by atomic mass is 16.3. The normalized spacial score (nSPS) is 11.1. The molecule has 0 bridgehead atoms. The Morgan fingerprint density at radius 1 is 1.10 bits per heavy atom. The molecule has 0 saturated heterocycles. The van der Waals surface area contributed by atoms with Gasteiger partial charge in [0.2, 0.25) is 0 Å². The molecule has 20 heavy (non-hydrogen) atoms. The van der Waals surface area contributed by atoms with Gasteiger partial charge in [0.1, 0.15) is 0 Å². The summed E-state index contributed by atoms with van der Waals surface area (Å²) in [4.78, 5) is 23.7. The average molecular weight is 278 g/mol. The Bertz CT molecular complexity index is 513. The van der Waals surface area contributed by atoms with Gasteiger partial charge in [-0.2, -0.15) is 0 Å². The van der Waals surface area contributed by atoms with Gasteiger partial charge in [-0.05, 0) is 45.7 Å². The molecule has 1 aromatic rings. The maximum Gasteiger partial charge on any atom is 0.313 e. The first-order chi connectivity index (χ1) is 9.16. The van der Waals surface area contributed by atoms with Gasteiger partial charge in [-0.25, -0.2) is 0 Å². The van der Waals surface area contributed by atoms with Gasteiger partial charge in [0, 0.05) is 5.69 Å². The number of carbonyl (C=O) groups excluding carboxylic acids is 2. The van der Waals surface area contributed by atoms with Crippen molar-refractivity contribution in [2.24, 2.45) is 0 Å². The van der Waals surface area contributed by atoms with E-state index in [1.165, 1.54) is 0 Å². The largest absolute Gasteiger partial charge is 0.394 e. The molecule has 0 saturated carbocycles. The van der Waals surface area contributed by atoms with Crippen molar-refractivity contribution in [2.45, 2.75) is 40.2 Å². The lowest BCUT2D eigenvalue weighted by atomic mass is 10.0. The molecule has 0 aliphatic heterocycles. The molecule has 2 amide bonds. The third kappa shape index (κ3) is 4.06. The maximum atomic E-state index is 11.9. The summed E-state index contributed by atoms with van der Waals surface area (Å²) in [6, 6.07) is 3.89. The van der Waals surface area contributed by atoms with E-state index in [0.717, 1.165) is 16.7 Å².